The molecule has 0 aromatic heterocycles. The lowest BCUT2D eigenvalue weighted by atomic mass is 10.1. The second-order valence-corrected chi connectivity index (χ2v) is 3.82. The molecule has 86 valence electrons. The molecule has 0 unspecified atom stereocenters. The molecular weight excluding hydrogens is 260 g/mol. The van der Waals surface area contributed by atoms with Crippen molar-refractivity contribution in [3.05, 3.63) is 12.2 Å². The molecule has 3 N–H and O–H groups in total. The van der Waals surface area contributed by atoms with Crippen molar-refractivity contribution in [2.75, 3.05) is 11.9 Å². The van der Waals surface area contributed by atoms with Crippen LogP contribution in [-0.4, -0.2) is 23.7 Å². The predicted octanol–water partition coefficient (Wildman–Crippen LogP) is 1.10. The SMILES string of the molecule is C=C(CCCCCNC(=O)CBr)C(N)=O. The Hall–Kier alpha value is -0.840. The van der Waals surface area contributed by atoms with Gasteiger partial charge in [0.1, 0.15) is 0 Å². The molecule has 0 aromatic rings. The highest BCUT2D eigenvalue weighted by Gasteiger charge is 2.01. The molecule has 0 fully saturated rings. The van der Waals surface area contributed by atoms with Crippen LogP contribution in [0, 0.1) is 0 Å². The third-order valence-electron chi connectivity index (χ3n) is 1.95. The number of halogens is 1. The summed E-state index contributed by atoms with van der Waals surface area (Å²) in [5.41, 5.74) is 5.51. The molecule has 4 nitrogen and oxygen atoms in total. The van der Waals surface area contributed by atoms with Gasteiger partial charge in [-0.25, -0.2) is 0 Å². The summed E-state index contributed by atoms with van der Waals surface area (Å²) in [6, 6.07) is 0. The zero-order chi connectivity index (χ0) is 11.7. The van der Waals surface area contributed by atoms with E-state index in [2.05, 4.69) is 27.8 Å². The zero-order valence-corrected chi connectivity index (χ0v) is 10.3. The summed E-state index contributed by atoms with van der Waals surface area (Å²) in [5, 5.41) is 3.08. The van der Waals surface area contributed by atoms with Gasteiger partial charge in [-0.15, -0.1) is 0 Å². The number of alkyl halides is 1. The van der Waals surface area contributed by atoms with Crippen molar-refractivity contribution in [2.24, 2.45) is 5.73 Å². The minimum absolute atomic E-state index is 0.00320. The summed E-state index contributed by atoms with van der Waals surface area (Å²) in [6.45, 7) is 4.24. The number of carbonyl (C=O) groups excluding carboxylic acids is 2. The van der Waals surface area contributed by atoms with Crippen molar-refractivity contribution in [2.45, 2.75) is 25.7 Å². The fourth-order valence-electron chi connectivity index (χ4n) is 1.04. The number of unbranched alkanes of at least 4 members (excludes halogenated alkanes) is 2. The molecule has 0 spiro atoms. The van der Waals surface area contributed by atoms with Gasteiger partial charge in [0.05, 0.1) is 5.33 Å². The fraction of sp³-hybridized carbons (Fsp3) is 0.600. The van der Waals surface area contributed by atoms with E-state index in [9.17, 15) is 9.59 Å². The molecule has 0 aliphatic heterocycles. The number of rotatable bonds is 8. The Morgan fingerprint density at radius 2 is 1.93 bits per heavy atom. The van der Waals surface area contributed by atoms with E-state index in [-0.39, 0.29) is 5.91 Å². The average Bonchev–Trinajstić information content (AvgIpc) is 2.22. The highest BCUT2D eigenvalue weighted by atomic mass is 79.9. The van der Waals surface area contributed by atoms with Gasteiger partial charge in [0.15, 0.2) is 0 Å². The molecule has 15 heavy (non-hydrogen) atoms. The van der Waals surface area contributed by atoms with E-state index < -0.39 is 5.91 Å². The van der Waals surface area contributed by atoms with Crippen LogP contribution >= 0.6 is 15.9 Å². The van der Waals surface area contributed by atoms with E-state index in [0.717, 1.165) is 19.3 Å². The number of nitrogens with two attached hydrogens (primary N) is 1. The largest absolute Gasteiger partial charge is 0.366 e. The third-order valence-corrected chi connectivity index (χ3v) is 2.46. The zero-order valence-electron chi connectivity index (χ0n) is 8.72. The van der Waals surface area contributed by atoms with Crippen molar-refractivity contribution >= 4 is 27.7 Å². The summed E-state index contributed by atoms with van der Waals surface area (Å²) in [7, 11) is 0. The number of carbonyl (C=O) groups is 2. The first-order chi connectivity index (χ1) is 7.07. The maximum absolute atomic E-state index is 10.8. The molecule has 5 heteroatoms. The molecule has 0 atom stereocenters. The van der Waals surface area contributed by atoms with Crippen LogP contribution in [0.1, 0.15) is 25.7 Å². The molecule has 0 heterocycles. The normalized spacial score (nSPS) is 9.67. The Morgan fingerprint density at radius 3 is 2.47 bits per heavy atom. The lowest BCUT2D eigenvalue weighted by molar-refractivity contribution is -0.118. The minimum Gasteiger partial charge on any atom is -0.366 e. The summed E-state index contributed by atoms with van der Waals surface area (Å²) >= 11 is 3.06. The smallest absolute Gasteiger partial charge is 0.244 e. The predicted molar refractivity (Wildman–Crippen MR) is 63.6 cm³/mol. The van der Waals surface area contributed by atoms with Crippen LogP contribution < -0.4 is 11.1 Å². The monoisotopic (exact) mass is 276 g/mol. The molecule has 0 aliphatic rings. The number of hydrogen-bond donors (Lipinski definition) is 2. The maximum Gasteiger partial charge on any atom is 0.244 e. The maximum atomic E-state index is 10.8. The molecule has 0 rings (SSSR count). The first-order valence-corrected chi connectivity index (χ1v) is 6.00. The summed E-state index contributed by atoms with van der Waals surface area (Å²) in [6.07, 6.45) is 3.38. The first-order valence-electron chi connectivity index (χ1n) is 4.88. The van der Waals surface area contributed by atoms with E-state index in [4.69, 9.17) is 5.73 Å². The van der Waals surface area contributed by atoms with Crippen LogP contribution in [0.15, 0.2) is 12.2 Å². The molecule has 0 radical (unpaired) electrons. The Labute approximate surface area is 98.4 Å². The van der Waals surface area contributed by atoms with Gasteiger partial charge in [-0.3, -0.25) is 9.59 Å². The number of nitrogens with one attached hydrogen (secondary N) is 1. The highest BCUT2D eigenvalue weighted by molar-refractivity contribution is 9.09. The average molecular weight is 277 g/mol. The van der Waals surface area contributed by atoms with Gasteiger partial charge >= 0.3 is 0 Å². The molecule has 0 saturated carbocycles. The summed E-state index contributed by atoms with van der Waals surface area (Å²) in [4.78, 5) is 21.4. The van der Waals surface area contributed by atoms with Crippen LogP contribution in [0.25, 0.3) is 0 Å². The quantitative estimate of drug-likeness (QED) is 0.396. The fourth-order valence-corrected chi connectivity index (χ4v) is 1.24. The Morgan fingerprint density at radius 1 is 1.27 bits per heavy atom. The second kappa shape index (κ2) is 8.47. The van der Waals surface area contributed by atoms with E-state index in [1.54, 1.807) is 0 Å². The van der Waals surface area contributed by atoms with Crippen LogP contribution in [0.4, 0.5) is 0 Å². The van der Waals surface area contributed by atoms with Crippen molar-refractivity contribution < 1.29 is 9.59 Å². The Bertz CT molecular complexity index is 242. The van der Waals surface area contributed by atoms with Crippen molar-refractivity contribution in [1.29, 1.82) is 0 Å². The van der Waals surface area contributed by atoms with Gasteiger partial charge in [0, 0.05) is 12.1 Å². The molecular formula is C10H17BrN2O2. The van der Waals surface area contributed by atoms with Crippen LogP contribution in [0.3, 0.4) is 0 Å². The summed E-state index contributed by atoms with van der Waals surface area (Å²) < 4.78 is 0. The van der Waals surface area contributed by atoms with Gasteiger partial charge < -0.3 is 11.1 Å². The summed E-state index contributed by atoms with van der Waals surface area (Å²) in [5.74, 6) is -0.431. The van der Waals surface area contributed by atoms with Gasteiger partial charge in [-0.1, -0.05) is 28.9 Å². The van der Waals surface area contributed by atoms with Crippen LogP contribution in [-0.2, 0) is 9.59 Å². The molecule has 2 amide bonds. The molecule has 0 aromatic carbocycles. The van der Waals surface area contributed by atoms with Crippen molar-refractivity contribution in [3.63, 3.8) is 0 Å². The van der Waals surface area contributed by atoms with Crippen LogP contribution in [0.2, 0.25) is 0 Å². The van der Waals surface area contributed by atoms with Crippen molar-refractivity contribution in [1.82, 2.24) is 5.32 Å². The lowest BCUT2D eigenvalue weighted by Gasteiger charge is -2.03. The van der Waals surface area contributed by atoms with E-state index >= 15 is 0 Å². The highest BCUT2D eigenvalue weighted by Crippen LogP contribution is 2.05. The Kier molecular flexibility index (Phi) is 7.99. The van der Waals surface area contributed by atoms with E-state index in [0.29, 0.717) is 23.9 Å². The number of hydrogen-bond acceptors (Lipinski definition) is 2. The van der Waals surface area contributed by atoms with Gasteiger partial charge in [-0.05, 0) is 19.3 Å². The molecule has 0 bridgehead atoms. The van der Waals surface area contributed by atoms with Crippen LogP contribution in [0.5, 0.6) is 0 Å². The first kappa shape index (κ1) is 14.2. The van der Waals surface area contributed by atoms with Crippen molar-refractivity contribution in [3.8, 4) is 0 Å². The van der Waals surface area contributed by atoms with Gasteiger partial charge in [0.2, 0.25) is 11.8 Å². The minimum atomic E-state index is -0.428. The topological polar surface area (TPSA) is 72.2 Å². The lowest BCUT2D eigenvalue weighted by Crippen LogP contribution is -2.25. The van der Waals surface area contributed by atoms with Gasteiger partial charge in [0.25, 0.3) is 0 Å². The van der Waals surface area contributed by atoms with E-state index in [1.807, 2.05) is 0 Å². The molecule has 0 aliphatic carbocycles. The number of primary amides is 1. The third kappa shape index (κ3) is 8.17. The van der Waals surface area contributed by atoms with Gasteiger partial charge in [-0.2, -0.15) is 0 Å². The molecule has 0 saturated heterocycles. The Balaban J connectivity index is 3.29. The standard InChI is InChI=1S/C10H17BrN2O2/c1-8(10(12)15)5-3-2-4-6-13-9(14)7-11/h1-7H2,(H2,12,15)(H,13,14). The second-order valence-electron chi connectivity index (χ2n) is 3.26. The number of amides is 2. The van der Waals surface area contributed by atoms with E-state index in [1.165, 1.54) is 0 Å².